The molecule has 4 aliphatic carbocycles. The van der Waals surface area contributed by atoms with Crippen molar-refractivity contribution in [3.05, 3.63) is 18.5 Å². The molecule has 10 heteroatoms. The number of nitrogens with zero attached hydrogens (tertiary/aromatic N) is 3. The second-order valence-electron chi connectivity index (χ2n) is 9.95. The number of ether oxygens (including phenoxy) is 1. The third-order valence-electron chi connectivity index (χ3n) is 7.77. The lowest BCUT2D eigenvalue weighted by molar-refractivity contribution is -0.148. The Hall–Kier alpha value is -2.98. The Kier molecular flexibility index (Phi) is 4.70. The van der Waals surface area contributed by atoms with E-state index in [4.69, 9.17) is 4.74 Å². The molecule has 0 aromatic carbocycles. The zero-order chi connectivity index (χ0) is 22.7. The van der Waals surface area contributed by atoms with Crippen molar-refractivity contribution in [3.63, 3.8) is 0 Å². The number of aliphatic hydroxyl groups is 1. The van der Waals surface area contributed by atoms with E-state index in [9.17, 15) is 14.7 Å². The van der Waals surface area contributed by atoms with E-state index in [0.29, 0.717) is 35.8 Å². The van der Waals surface area contributed by atoms with Crippen LogP contribution in [0, 0.1) is 17.8 Å². The van der Waals surface area contributed by atoms with E-state index in [-0.39, 0.29) is 12.6 Å². The molecule has 3 aromatic heterocycles. The van der Waals surface area contributed by atoms with Gasteiger partial charge in [0.15, 0.2) is 5.65 Å². The van der Waals surface area contributed by atoms with Crippen LogP contribution in [0.25, 0.3) is 21.9 Å². The number of H-pyrrole nitrogens is 1. The van der Waals surface area contributed by atoms with Crippen LogP contribution in [0.5, 0.6) is 0 Å². The fourth-order valence-electron chi connectivity index (χ4n) is 6.84. The normalized spacial score (nSPS) is 30.2. The van der Waals surface area contributed by atoms with Gasteiger partial charge in [0.25, 0.3) is 0 Å². The fraction of sp³-hybridized carbons (Fsp3) is 0.565. The molecule has 0 aliphatic heterocycles. The quantitative estimate of drug-likeness (QED) is 0.344. The van der Waals surface area contributed by atoms with Crippen molar-refractivity contribution in [1.82, 2.24) is 25.1 Å². The molecule has 0 spiro atoms. The number of aromatic amines is 1. The molecule has 4 saturated carbocycles. The average Bonchev–Trinajstić information content (AvgIpc) is 3.37. The maximum absolute atomic E-state index is 12.6. The molecule has 3 heterocycles. The summed E-state index contributed by atoms with van der Waals surface area (Å²) in [5.74, 6) is 0.284. The summed E-state index contributed by atoms with van der Waals surface area (Å²) in [6, 6.07) is 2.12. The number of fused-ring (bicyclic) bond motifs is 3. The van der Waals surface area contributed by atoms with E-state index in [1.165, 1.54) is 7.11 Å². The van der Waals surface area contributed by atoms with Crippen LogP contribution in [0.3, 0.4) is 0 Å². The first-order valence-corrected chi connectivity index (χ1v) is 11.6. The molecule has 4 fully saturated rings. The summed E-state index contributed by atoms with van der Waals surface area (Å²) in [5.41, 5.74) is 1.04. The lowest BCUT2D eigenvalue weighted by Crippen LogP contribution is -2.55. The number of pyridine rings is 1. The Morgan fingerprint density at radius 1 is 1.21 bits per heavy atom. The average molecular weight is 453 g/mol. The van der Waals surface area contributed by atoms with Gasteiger partial charge in [-0.25, -0.2) is 9.97 Å². The summed E-state index contributed by atoms with van der Waals surface area (Å²) < 4.78 is 7.07. The second-order valence-corrected chi connectivity index (χ2v) is 9.95. The van der Waals surface area contributed by atoms with Gasteiger partial charge in [0.1, 0.15) is 5.82 Å². The van der Waals surface area contributed by atoms with Crippen LogP contribution in [-0.2, 0) is 14.3 Å². The summed E-state index contributed by atoms with van der Waals surface area (Å²) >= 11 is 0. The molecule has 10 nitrogen and oxygen atoms in total. The zero-order valence-electron chi connectivity index (χ0n) is 18.5. The van der Waals surface area contributed by atoms with Crippen molar-refractivity contribution in [2.45, 2.75) is 43.7 Å². The molecule has 7 rings (SSSR count). The van der Waals surface area contributed by atoms with Gasteiger partial charge in [-0.3, -0.25) is 19.4 Å². The summed E-state index contributed by atoms with van der Waals surface area (Å²) in [6.07, 6.45) is 8.16. The molecule has 2 amide bonds. The van der Waals surface area contributed by atoms with Crippen molar-refractivity contribution in [3.8, 4) is 0 Å². The number of aromatic nitrogens is 4. The Labute approximate surface area is 190 Å². The highest BCUT2D eigenvalue weighted by molar-refractivity contribution is 6.40. The van der Waals surface area contributed by atoms with Crippen molar-refractivity contribution in [1.29, 1.82) is 0 Å². The molecule has 5 atom stereocenters. The van der Waals surface area contributed by atoms with Crippen LogP contribution in [0.4, 0.5) is 5.82 Å². The van der Waals surface area contributed by atoms with Gasteiger partial charge < -0.3 is 20.5 Å². The minimum absolute atomic E-state index is 0.186. The standard InChI is InChI=1S/C23H28N6O4/c1-33-5-4-25-21(30)22(31)27-20-16-11-26-19-15(2-3-24-19)18(16)29(28-20)17-13-6-12-7-14(17)10-23(32,8-12)9-13/h2-3,11-14,17,28,32H,4-10H2,1H3,(H,25,30)(H,27,31)/t12?,13-,14+,17?,23?. The Morgan fingerprint density at radius 2 is 2.00 bits per heavy atom. The fourth-order valence-corrected chi connectivity index (χ4v) is 6.84. The molecular formula is C23H28N6O4. The number of hydrogen-bond donors (Lipinski definition) is 4. The first kappa shape index (κ1) is 20.6. The van der Waals surface area contributed by atoms with Gasteiger partial charge in [0.2, 0.25) is 0 Å². The third-order valence-corrected chi connectivity index (χ3v) is 7.77. The van der Waals surface area contributed by atoms with Gasteiger partial charge in [-0.15, -0.1) is 0 Å². The molecule has 174 valence electrons. The molecule has 4 N–H and O–H groups in total. The van der Waals surface area contributed by atoms with Gasteiger partial charge >= 0.3 is 11.8 Å². The number of carbonyl (C=O) groups excluding carboxylic acids is 2. The predicted octanol–water partition coefficient (Wildman–Crippen LogP) is 1.73. The first-order valence-electron chi connectivity index (χ1n) is 11.6. The molecule has 4 aliphatic rings. The van der Waals surface area contributed by atoms with E-state index in [1.54, 1.807) is 12.4 Å². The van der Waals surface area contributed by atoms with Crippen molar-refractivity contribution < 1.29 is 19.4 Å². The van der Waals surface area contributed by atoms with Crippen LogP contribution in [-0.4, -0.2) is 62.5 Å². The van der Waals surface area contributed by atoms with E-state index in [2.05, 4.69) is 30.4 Å². The highest BCUT2D eigenvalue weighted by Crippen LogP contribution is 2.60. The summed E-state index contributed by atoms with van der Waals surface area (Å²) in [5, 5.41) is 21.4. The summed E-state index contributed by atoms with van der Waals surface area (Å²) in [7, 11) is 1.53. The van der Waals surface area contributed by atoms with E-state index in [0.717, 1.165) is 48.4 Å². The second kappa shape index (κ2) is 7.53. The maximum Gasteiger partial charge on any atom is 0.314 e. The maximum atomic E-state index is 12.6. The van der Waals surface area contributed by atoms with Crippen LogP contribution in [0.15, 0.2) is 18.5 Å². The molecule has 3 aromatic rings. The molecular weight excluding hydrogens is 424 g/mol. The third kappa shape index (κ3) is 3.31. The van der Waals surface area contributed by atoms with Crippen LogP contribution in [0.2, 0.25) is 0 Å². The molecule has 3 unspecified atom stereocenters. The van der Waals surface area contributed by atoms with Crippen molar-refractivity contribution in [2.24, 2.45) is 17.8 Å². The molecule has 4 bridgehead atoms. The number of nitrogens with one attached hydrogen (secondary N) is 3. The monoisotopic (exact) mass is 452 g/mol. The van der Waals surface area contributed by atoms with Gasteiger partial charge in [-0.05, 0) is 55.9 Å². The topological polar surface area (TPSA) is 134 Å². The van der Waals surface area contributed by atoms with Gasteiger partial charge in [0.05, 0.1) is 29.2 Å². The smallest absolute Gasteiger partial charge is 0.314 e. The molecule has 0 saturated heterocycles. The van der Waals surface area contributed by atoms with E-state index >= 15 is 0 Å². The Balaban J connectivity index is 1.39. The van der Waals surface area contributed by atoms with Crippen molar-refractivity contribution in [2.75, 3.05) is 25.6 Å². The number of amides is 2. The minimum atomic E-state index is -0.749. The zero-order valence-corrected chi connectivity index (χ0v) is 18.5. The lowest BCUT2D eigenvalue weighted by atomic mass is 9.52. The highest BCUT2D eigenvalue weighted by atomic mass is 16.5. The van der Waals surface area contributed by atoms with E-state index < -0.39 is 17.4 Å². The van der Waals surface area contributed by atoms with E-state index in [1.807, 2.05) is 6.07 Å². The summed E-state index contributed by atoms with van der Waals surface area (Å²) in [4.78, 5) is 33.6. The molecule has 33 heavy (non-hydrogen) atoms. The number of methoxy groups -OCH3 is 1. The van der Waals surface area contributed by atoms with Gasteiger partial charge in [0, 0.05) is 31.4 Å². The number of anilines is 1. The minimum Gasteiger partial charge on any atom is -0.390 e. The number of hydrogen-bond acceptors (Lipinski definition) is 6. The highest BCUT2D eigenvalue weighted by Gasteiger charge is 2.55. The largest absolute Gasteiger partial charge is 0.390 e. The van der Waals surface area contributed by atoms with Gasteiger partial charge in [-0.1, -0.05) is 0 Å². The van der Waals surface area contributed by atoms with Crippen molar-refractivity contribution >= 4 is 39.6 Å². The molecule has 0 radical (unpaired) electrons. The number of rotatable bonds is 5. The lowest BCUT2D eigenvalue weighted by Gasteiger charge is -2.58. The SMILES string of the molecule is COCCNC(=O)C(=O)Nc1[nH]n(C2[C@@H]3CC4C[C@H]2CC(O)(C4)C3)c2c1cnc1nccc12. The Bertz CT molecular complexity index is 1230. The van der Waals surface area contributed by atoms with Gasteiger partial charge in [-0.2, -0.15) is 0 Å². The predicted molar refractivity (Wildman–Crippen MR) is 120 cm³/mol. The number of carbonyl (C=O) groups is 2. The first-order chi connectivity index (χ1) is 16.0. The van der Waals surface area contributed by atoms with Crippen LogP contribution in [0.1, 0.15) is 38.1 Å². The summed E-state index contributed by atoms with van der Waals surface area (Å²) in [6.45, 7) is 0.583. The van der Waals surface area contributed by atoms with Crippen LogP contribution >= 0.6 is 0 Å². The Morgan fingerprint density at radius 3 is 2.73 bits per heavy atom. The van der Waals surface area contributed by atoms with Crippen LogP contribution < -0.4 is 10.6 Å².